The molecule has 0 aliphatic rings. The highest BCUT2D eigenvalue weighted by Gasteiger charge is 2.34. The Morgan fingerprint density at radius 3 is 2.69 bits per heavy atom. The highest BCUT2D eigenvalue weighted by Crippen LogP contribution is 2.34. The van der Waals surface area contributed by atoms with Crippen LogP contribution in [0.4, 0.5) is 17.6 Å². The largest absolute Gasteiger partial charge is 0.479 e. The van der Waals surface area contributed by atoms with Gasteiger partial charge in [-0.05, 0) is 17.7 Å². The maximum atomic E-state index is 14.1. The van der Waals surface area contributed by atoms with Crippen molar-refractivity contribution in [3.63, 3.8) is 0 Å². The standard InChI is InChI=1S/C18H13F4N5O2/c1-29-17-15-16(23-7-24-17)27(8-25-15)6-12(28)10-5-13(18(20,21)22)26-14-9(10)3-2-4-11(14)19/h2-5,7-8,12,28H,6H2,1H3. The number of nitrogens with zero attached hydrogens (tertiary/aromatic N) is 5. The normalized spacial score (nSPS) is 13.2. The lowest BCUT2D eigenvalue weighted by Crippen LogP contribution is -2.14. The summed E-state index contributed by atoms with van der Waals surface area (Å²) in [5, 5.41) is 10.8. The van der Waals surface area contributed by atoms with Crippen LogP contribution in [0.1, 0.15) is 17.4 Å². The monoisotopic (exact) mass is 407 g/mol. The number of aromatic nitrogens is 5. The fourth-order valence-corrected chi connectivity index (χ4v) is 3.09. The average Bonchev–Trinajstić information content (AvgIpc) is 3.09. The summed E-state index contributed by atoms with van der Waals surface area (Å²) in [6, 6.07) is 4.48. The van der Waals surface area contributed by atoms with E-state index in [1.165, 1.54) is 36.5 Å². The highest BCUT2D eigenvalue weighted by molar-refractivity contribution is 5.83. The molecule has 0 aliphatic carbocycles. The van der Waals surface area contributed by atoms with Crippen LogP contribution in [0, 0.1) is 5.82 Å². The van der Waals surface area contributed by atoms with Crippen molar-refractivity contribution in [1.29, 1.82) is 0 Å². The number of rotatable bonds is 4. The second-order valence-electron chi connectivity index (χ2n) is 6.20. The van der Waals surface area contributed by atoms with Gasteiger partial charge in [0.05, 0.1) is 26.1 Å². The van der Waals surface area contributed by atoms with Gasteiger partial charge in [0.1, 0.15) is 23.4 Å². The molecular weight excluding hydrogens is 394 g/mol. The number of ether oxygens (including phenoxy) is 1. The van der Waals surface area contributed by atoms with E-state index in [0.29, 0.717) is 11.2 Å². The average molecular weight is 407 g/mol. The van der Waals surface area contributed by atoms with E-state index in [-0.39, 0.29) is 23.4 Å². The third kappa shape index (κ3) is 3.33. The lowest BCUT2D eigenvalue weighted by Gasteiger charge is -2.17. The van der Waals surface area contributed by atoms with E-state index in [1.54, 1.807) is 0 Å². The Morgan fingerprint density at radius 2 is 1.97 bits per heavy atom. The van der Waals surface area contributed by atoms with E-state index in [9.17, 15) is 22.7 Å². The smallest absolute Gasteiger partial charge is 0.433 e. The molecule has 1 unspecified atom stereocenters. The molecule has 11 heteroatoms. The molecule has 1 atom stereocenters. The molecule has 1 aromatic carbocycles. The fraction of sp³-hybridized carbons (Fsp3) is 0.222. The van der Waals surface area contributed by atoms with Crippen LogP contribution in [0.25, 0.3) is 22.1 Å². The number of hydrogen-bond donors (Lipinski definition) is 1. The van der Waals surface area contributed by atoms with Crippen LogP contribution in [-0.4, -0.2) is 36.7 Å². The Bertz CT molecular complexity index is 1210. The van der Waals surface area contributed by atoms with Gasteiger partial charge in [0, 0.05) is 5.39 Å². The number of pyridine rings is 1. The highest BCUT2D eigenvalue weighted by atomic mass is 19.4. The first-order chi connectivity index (χ1) is 13.8. The minimum absolute atomic E-state index is 0.0853. The molecule has 7 nitrogen and oxygen atoms in total. The molecule has 0 spiro atoms. The van der Waals surface area contributed by atoms with Crippen molar-refractivity contribution < 1.29 is 27.4 Å². The first-order valence-corrected chi connectivity index (χ1v) is 8.34. The van der Waals surface area contributed by atoms with Crippen LogP contribution >= 0.6 is 0 Å². The number of hydrogen-bond acceptors (Lipinski definition) is 6. The number of methoxy groups -OCH3 is 1. The zero-order valence-electron chi connectivity index (χ0n) is 14.9. The number of imidazole rings is 1. The van der Waals surface area contributed by atoms with E-state index < -0.39 is 29.3 Å². The molecule has 4 rings (SSSR count). The summed E-state index contributed by atoms with van der Waals surface area (Å²) < 4.78 is 60.4. The molecule has 0 aliphatic heterocycles. The van der Waals surface area contributed by atoms with Crippen molar-refractivity contribution in [1.82, 2.24) is 24.5 Å². The number of alkyl halides is 3. The van der Waals surface area contributed by atoms with Gasteiger partial charge in [-0.1, -0.05) is 12.1 Å². The quantitative estimate of drug-likeness (QED) is 0.523. The Labute approximate surface area is 160 Å². The van der Waals surface area contributed by atoms with Crippen molar-refractivity contribution >= 4 is 22.1 Å². The van der Waals surface area contributed by atoms with Crippen molar-refractivity contribution in [2.24, 2.45) is 0 Å². The maximum Gasteiger partial charge on any atom is 0.433 e. The summed E-state index contributed by atoms with van der Waals surface area (Å²) in [6.07, 6.45) is -3.61. The molecule has 0 fully saturated rings. The SMILES string of the molecule is COc1ncnc2c1ncn2CC(O)c1cc(C(F)(F)F)nc2c(F)cccc12. The first kappa shape index (κ1) is 19.0. The summed E-state index contributed by atoms with van der Waals surface area (Å²) in [6.45, 7) is -0.177. The third-order valence-electron chi connectivity index (χ3n) is 4.40. The maximum absolute atomic E-state index is 14.1. The van der Waals surface area contributed by atoms with E-state index >= 15 is 0 Å². The zero-order valence-corrected chi connectivity index (χ0v) is 14.9. The number of benzene rings is 1. The van der Waals surface area contributed by atoms with Gasteiger partial charge in [-0.15, -0.1) is 0 Å². The molecule has 4 aromatic rings. The number of aliphatic hydroxyl groups excluding tert-OH is 1. The van der Waals surface area contributed by atoms with Gasteiger partial charge in [-0.2, -0.15) is 18.2 Å². The van der Waals surface area contributed by atoms with E-state index in [4.69, 9.17) is 4.74 Å². The van der Waals surface area contributed by atoms with Crippen molar-refractivity contribution in [3.8, 4) is 5.88 Å². The second kappa shape index (κ2) is 6.92. The second-order valence-corrected chi connectivity index (χ2v) is 6.20. The van der Waals surface area contributed by atoms with Gasteiger partial charge in [0.15, 0.2) is 11.2 Å². The molecule has 0 bridgehead atoms. The van der Waals surface area contributed by atoms with Gasteiger partial charge < -0.3 is 14.4 Å². The van der Waals surface area contributed by atoms with Gasteiger partial charge in [-0.3, -0.25) is 0 Å². The summed E-state index contributed by atoms with van der Waals surface area (Å²) in [5.41, 5.74) is -1.19. The predicted molar refractivity (Wildman–Crippen MR) is 93.5 cm³/mol. The minimum Gasteiger partial charge on any atom is -0.479 e. The topological polar surface area (TPSA) is 86.0 Å². The van der Waals surface area contributed by atoms with Crippen LogP contribution in [0.2, 0.25) is 0 Å². The first-order valence-electron chi connectivity index (χ1n) is 8.34. The Hall–Kier alpha value is -3.34. The molecular formula is C18H13F4N5O2. The molecule has 150 valence electrons. The van der Waals surface area contributed by atoms with Gasteiger partial charge >= 0.3 is 6.18 Å². The lowest BCUT2D eigenvalue weighted by molar-refractivity contribution is -0.141. The third-order valence-corrected chi connectivity index (χ3v) is 4.40. The van der Waals surface area contributed by atoms with Crippen LogP contribution in [0.3, 0.4) is 0 Å². The Balaban J connectivity index is 1.81. The summed E-state index contributed by atoms with van der Waals surface area (Å²) >= 11 is 0. The molecule has 0 saturated heterocycles. The lowest BCUT2D eigenvalue weighted by atomic mass is 10.0. The minimum atomic E-state index is -4.80. The summed E-state index contributed by atoms with van der Waals surface area (Å²) in [7, 11) is 1.41. The van der Waals surface area contributed by atoms with Crippen molar-refractivity contribution in [2.45, 2.75) is 18.8 Å². The van der Waals surface area contributed by atoms with Crippen LogP contribution in [0.5, 0.6) is 5.88 Å². The van der Waals surface area contributed by atoms with Crippen LogP contribution in [-0.2, 0) is 12.7 Å². The van der Waals surface area contributed by atoms with E-state index in [1.807, 2.05) is 0 Å². The molecule has 1 N–H and O–H groups in total. The van der Waals surface area contributed by atoms with Gasteiger partial charge in [-0.25, -0.2) is 19.3 Å². The van der Waals surface area contributed by atoms with Gasteiger partial charge in [0.2, 0.25) is 5.88 Å². The summed E-state index contributed by atoms with van der Waals surface area (Å²) in [4.78, 5) is 15.5. The van der Waals surface area contributed by atoms with Crippen molar-refractivity contribution in [2.75, 3.05) is 7.11 Å². The molecule has 3 heterocycles. The fourth-order valence-electron chi connectivity index (χ4n) is 3.09. The molecule has 0 amide bonds. The Kier molecular flexibility index (Phi) is 4.53. The number of para-hydroxylation sites is 1. The Morgan fingerprint density at radius 1 is 1.17 bits per heavy atom. The van der Waals surface area contributed by atoms with Crippen LogP contribution < -0.4 is 4.74 Å². The number of halogens is 4. The molecule has 0 saturated carbocycles. The molecule has 3 aromatic heterocycles. The molecule has 0 radical (unpaired) electrons. The molecule has 29 heavy (non-hydrogen) atoms. The van der Waals surface area contributed by atoms with E-state index in [2.05, 4.69) is 19.9 Å². The predicted octanol–water partition coefficient (Wildman–Crippen LogP) is 3.27. The van der Waals surface area contributed by atoms with Gasteiger partial charge in [0.25, 0.3) is 0 Å². The van der Waals surface area contributed by atoms with Crippen molar-refractivity contribution in [3.05, 3.63) is 54.0 Å². The number of fused-ring (bicyclic) bond motifs is 2. The summed E-state index contributed by atoms with van der Waals surface area (Å²) in [5.74, 6) is -0.688. The number of aliphatic hydroxyl groups is 1. The zero-order chi connectivity index (χ0) is 20.8. The van der Waals surface area contributed by atoms with E-state index in [0.717, 1.165) is 12.1 Å². The van der Waals surface area contributed by atoms with Crippen LogP contribution in [0.15, 0.2) is 36.9 Å².